The van der Waals surface area contributed by atoms with Gasteiger partial charge in [-0.3, -0.25) is 4.79 Å². The first-order valence-electron chi connectivity index (χ1n) is 6.57. The molecular formula is C13H15N3O4S. The highest BCUT2D eigenvalue weighted by molar-refractivity contribution is 7.90. The van der Waals surface area contributed by atoms with Gasteiger partial charge in [-0.05, 0) is 26.3 Å². The molecule has 2 aromatic heterocycles. The highest BCUT2D eigenvalue weighted by Gasteiger charge is 2.28. The van der Waals surface area contributed by atoms with E-state index < -0.39 is 15.9 Å². The quantitative estimate of drug-likeness (QED) is 0.918. The van der Waals surface area contributed by atoms with Crippen molar-refractivity contribution in [3.05, 3.63) is 35.2 Å². The Morgan fingerprint density at radius 3 is 2.86 bits per heavy atom. The maximum absolute atomic E-state index is 12.3. The zero-order chi connectivity index (χ0) is 15.2. The van der Waals surface area contributed by atoms with Crippen LogP contribution in [0.1, 0.15) is 34.1 Å². The molecule has 2 aromatic rings. The monoisotopic (exact) mass is 309 g/mol. The van der Waals surface area contributed by atoms with Crippen LogP contribution in [-0.4, -0.2) is 23.9 Å². The van der Waals surface area contributed by atoms with Crippen LogP contribution >= 0.6 is 0 Å². The number of amides is 1. The second-order valence-electron chi connectivity index (χ2n) is 5.03. The van der Waals surface area contributed by atoms with Crippen LogP contribution in [-0.2, 0) is 23.0 Å². The molecule has 112 valence electrons. The van der Waals surface area contributed by atoms with Crippen molar-refractivity contribution in [2.45, 2.75) is 38.3 Å². The van der Waals surface area contributed by atoms with Crippen molar-refractivity contribution in [1.29, 1.82) is 0 Å². The van der Waals surface area contributed by atoms with E-state index >= 15 is 0 Å². The number of aryl methyl sites for hydroxylation is 3. The van der Waals surface area contributed by atoms with Crippen molar-refractivity contribution in [2.24, 2.45) is 0 Å². The SMILES string of the molecule is Cc1cc(C(=O)NS(=O)(=O)c2cnc3n2CCC3)c(C)o1. The number of carbonyl (C=O) groups excluding carboxylic acids is 1. The molecule has 0 bridgehead atoms. The molecule has 0 fully saturated rings. The Morgan fingerprint density at radius 2 is 2.19 bits per heavy atom. The van der Waals surface area contributed by atoms with Crippen molar-refractivity contribution in [1.82, 2.24) is 14.3 Å². The second-order valence-corrected chi connectivity index (χ2v) is 6.66. The minimum Gasteiger partial charge on any atom is -0.466 e. The van der Waals surface area contributed by atoms with Gasteiger partial charge in [-0.1, -0.05) is 0 Å². The van der Waals surface area contributed by atoms with Gasteiger partial charge in [-0.25, -0.2) is 9.71 Å². The number of nitrogens with zero attached hydrogens (tertiary/aromatic N) is 2. The molecule has 3 heterocycles. The summed E-state index contributed by atoms with van der Waals surface area (Å²) in [6.07, 6.45) is 2.90. The van der Waals surface area contributed by atoms with E-state index in [1.54, 1.807) is 18.4 Å². The number of nitrogens with one attached hydrogen (secondary N) is 1. The van der Waals surface area contributed by atoms with Gasteiger partial charge in [0.2, 0.25) is 0 Å². The van der Waals surface area contributed by atoms with E-state index in [-0.39, 0.29) is 10.6 Å². The summed E-state index contributed by atoms with van der Waals surface area (Å²) in [4.78, 5) is 16.2. The number of carbonyl (C=O) groups is 1. The van der Waals surface area contributed by atoms with Crippen LogP contribution in [0.15, 0.2) is 21.7 Å². The van der Waals surface area contributed by atoms with Crippen LogP contribution in [0.25, 0.3) is 0 Å². The summed E-state index contributed by atoms with van der Waals surface area (Å²) in [5, 5.41) is 0.0289. The molecule has 8 heteroatoms. The van der Waals surface area contributed by atoms with Crippen molar-refractivity contribution < 1.29 is 17.6 Å². The average Bonchev–Trinajstić information content (AvgIpc) is 3.02. The smallest absolute Gasteiger partial charge is 0.281 e. The van der Waals surface area contributed by atoms with E-state index in [2.05, 4.69) is 9.71 Å². The Balaban J connectivity index is 1.89. The van der Waals surface area contributed by atoms with Gasteiger partial charge in [-0.2, -0.15) is 8.42 Å². The molecule has 1 N–H and O–H groups in total. The maximum Gasteiger partial charge on any atom is 0.281 e. The highest BCUT2D eigenvalue weighted by atomic mass is 32.2. The maximum atomic E-state index is 12.3. The second kappa shape index (κ2) is 4.73. The third-order valence-electron chi connectivity index (χ3n) is 3.47. The van der Waals surface area contributed by atoms with Crippen LogP contribution in [0.5, 0.6) is 0 Å². The van der Waals surface area contributed by atoms with Crippen molar-refractivity contribution in [3.8, 4) is 0 Å². The van der Waals surface area contributed by atoms with Crippen LogP contribution in [0.4, 0.5) is 0 Å². The third kappa shape index (κ3) is 2.35. The number of furan rings is 1. The summed E-state index contributed by atoms with van der Waals surface area (Å²) >= 11 is 0. The number of rotatable bonds is 3. The average molecular weight is 309 g/mol. The molecule has 0 aromatic carbocycles. The molecule has 1 amide bonds. The number of hydrogen-bond acceptors (Lipinski definition) is 5. The lowest BCUT2D eigenvalue weighted by Gasteiger charge is -2.07. The van der Waals surface area contributed by atoms with Gasteiger partial charge < -0.3 is 8.98 Å². The van der Waals surface area contributed by atoms with Crippen molar-refractivity contribution in [3.63, 3.8) is 0 Å². The van der Waals surface area contributed by atoms with Gasteiger partial charge in [0.15, 0.2) is 5.03 Å². The lowest BCUT2D eigenvalue weighted by Crippen LogP contribution is -2.32. The van der Waals surface area contributed by atoms with Crippen LogP contribution in [0, 0.1) is 13.8 Å². The summed E-state index contributed by atoms with van der Waals surface area (Å²) in [5.74, 6) is 0.982. The van der Waals surface area contributed by atoms with E-state index in [4.69, 9.17) is 4.42 Å². The number of aromatic nitrogens is 2. The fourth-order valence-electron chi connectivity index (χ4n) is 2.53. The van der Waals surface area contributed by atoms with E-state index in [1.807, 2.05) is 0 Å². The highest BCUT2D eigenvalue weighted by Crippen LogP contribution is 2.20. The number of hydrogen-bond donors (Lipinski definition) is 1. The number of imidazole rings is 1. The molecule has 0 radical (unpaired) electrons. The molecule has 0 saturated heterocycles. The third-order valence-corrected chi connectivity index (χ3v) is 4.80. The Morgan fingerprint density at radius 1 is 1.43 bits per heavy atom. The standard InChI is InChI=1S/C13H15N3O4S/c1-8-6-10(9(2)20-8)13(17)15-21(18,19)12-7-14-11-4-3-5-16(11)12/h6-7H,3-5H2,1-2H3,(H,15,17). The molecule has 0 unspecified atom stereocenters. The summed E-state index contributed by atoms with van der Waals surface area (Å²) < 4.78 is 33.6. The van der Waals surface area contributed by atoms with E-state index in [0.717, 1.165) is 18.7 Å². The topological polar surface area (TPSA) is 94.2 Å². The summed E-state index contributed by atoms with van der Waals surface area (Å²) in [6.45, 7) is 3.91. The fraction of sp³-hybridized carbons (Fsp3) is 0.385. The molecule has 0 spiro atoms. The first kappa shape index (κ1) is 13.9. The van der Waals surface area contributed by atoms with E-state index in [1.165, 1.54) is 12.3 Å². The molecule has 0 atom stereocenters. The summed E-state index contributed by atoms with van der Waals surface area (Å²) in [7, 11) is -3.94. The zero-order valence-corrected chi connectivity index (χ0v) is 12.5. The van der Waals surface area contributed by atoms with Crippen LogP contribution in [0.2, 0.25) is 0 Å². The zero-order valence-electron chi connectivity index (χ0n) is 11.7. The van der Waals surface area contributed by atoms with Gasteiger partial charge in [0.1, 0.15) is 17.3 Å². The summed E-state index contributed by atoms with van der Waals surface area (Å²) in [5.41, 5.74) is 0.220. The number of sulfonamides is 1. The van der Waals surface area contributed by atoms with Crippen LogP contribution < -0.4 is 4.72 Å². The Bertz CT molecular complexity index is 817. The molecule has 0 aliphatic carbocycles. The van der Waals surface area contributed by atoms with Gasteiger partial charge in [0.25, 0.3) is 15.9 Å². The first-order valence-corrected chi connectivity index (χ1v) is 8.05. The molecule has 1 aliphatic rings. The minimum absolute atomic E-state index is 0.0289. The largest absolute Gasteiger partial charge is 0.466 e. The van der Waals surface area contributed by atoms with Gasteiger partial charge in [-0.15, -0.1) is 0 Å². The van der Waals surface area contributed by atoms with Gasteiger partial charge in [0.05, 0.1) is 11.8 Å². The van der Waals surface area contributed by atoms with Gasteiger partial charge in [0, 0.05) is 13.0 Å². The Labute approximate surface area is 122 Å². The molecule has 3 rings (SSSR count). The minimum atomic E-state index is -3.94. The van der Waals surface area contributed by atoms with Crippen molar-refractivity contribution >= 4 is 15.9 Å². The Kier molecular flexibility index (Phi) is 3.12. The molecule has 1 aliphatic heterocycles. The lowest BCUT2D eigenvalue weighted by molar-refractivity contribution is 0.0980. The Hall–Kier alpha value is -2.09. The van der Waals surface area contributed by atoms with E-state index in [0.29, 0.717) is 18.1 Å². The van der Waals surface area contributed by atoms with Gasteiger partial charge >= 0.3 is 0 Å². The molecule has 0 saturated carbocycles. The fourth-order valence-corrected chi connectivity index (χ4v) is 3.67. The van der Waals surface area contributed by atoms with E-state index in [9.17, 15) is 13.2 Å². The van der Waals surface area contributed by atoms with Crippen LogP contribution in [0.3, 0.4) is 0 Å². The van der Waals surface area contributed by atoms with Crippen molar-refractivity contribution in [2.75, 3.05) is 0 Å². The normalized spacial score (nSPS) is 14.2. The molecule has 7 nitrogen and oxygen atoms in total. The molecular weight excluding hydrogens is 294 g/mol. The first-order chi connectivity index (χ1) is 9.88. The predicted octanol–water partition coefficient (Wildman–Crippen LogP) is 1.16. The summed E-state index contributed by atoms with van der Waals surface area (Å²) in [6, 6.07) is 1.51. The molecule has 21 heavy (non-hydrogen) atoms. The number of fused-ring (bicyclic) bond motifs is 1. The lowest BCUT2D eigenvalue weighted by atomic mass is 10.2. The predicted molar refractivity (Wildman–Crippen MR) is 73.4 cm³/mol.